The smallest absolute Gasteiger partial charge is 0.0701 e. The van der Waals surface area contributed by atoms with Gasteiger partial charge in [0.15, 0.2) is 0 Å². The van der Waals surface area contributed by atoms with Crippen molar-refractivity contribution in [3.63, 3.8) is 0 Å². The van der Waals surface area contributed by atoms with E-state index >= 15 is 0 Å². The van der Waals surface area contributed by atoms with Crippen molar-refractivity contribution >= 4 is 16.2 Å². The molecule has 4 nitrogen and oxygen atoms in total. The zero-order valence-corrected chi connectivity index (χ0v) is 14.1. The second-order valence-corrected chi connectivity index (χ2v) is 12.5. The molecule has 0 unspecified atom stereocenters. The van der Waals surface area contributed by atoms with Gasteiger partial charge in [0, 0.05) is 0 Å². The normalized spacial score (nSPS) is 9.71. The SMILES string of the molecule is C[CH2][Ga]([CH2]C)[CH2]C.OCCOCCOCCO. The van der Waals surface area contributed by atoms with Crippen LogP contribution in [0.5, 0.6) is 0 Å². The molecular weight excluding hydrogens is 278 g/mol. The van der Waals surface area contributed by atoms with E-state index in [0.29, 0.717) is 26.4 Å². The van der Waals surface area contributed by atoms with Crippen molar-refractivity contribution in [2.24, 2.45) is 0 Å². The maximum Gasteiger partial charge on any atom is 0.0701 e. The molecule has 0 saturated heterocycles. The van der Waals surface area contributed by atoms with Crippen LogP contribution in [0.15, 0.2) is 0 Å². The van der Waals surface area contributed by atoms with Gasteiger partial charge < -0.3 is 19.7 Å². The standard InChI is InChI=1S/C6H14O4.3C2H5.Ga/c7-1-3-9-5-6-10-4-2-8;3*1-2;/h7-8H,1-6H2;3*1H2,2H3;. The predicted molar refractivity (Wildman–Crippen MR) is 73.0 cm³/mol. The summed E-state index contributed by atoms with van der Waals surface area (Å²) in [4.78, 5) is 4.62. The largest absolute Gasteiger partial charge is 0.394 e. The average molecular weight is 307 g/mol. The van der Waals surface area contributed by atoms with Crippen LogP contribution in [0.1, 0.15) is 20.8 Å². The molecule has 0 atom stereocenters. The Balaban J connectivity index is 0. The van der Waals surface area contributed by atoms with Gasteiger partial charge in [-0.1, -0.05) is 0 Å². The van der Waals surface area contributed by atoms with Crippen LogP contribution in [0.3, 0.4) is 0 Å². The summed E-state index contributed by atoms with van der Waals surface area (Å²) in [6.45, 7) is 8.76. The Morgan fingerprint density at radius 3 is 1.24 bits per heavy atom. The average Bonchev–Trinajstić information content (AvgIpc) is 2.37. The number of aliphatic hydroxyl groups excluding tert-OH is 2. The van der Waals surface area contributed by atoms with Gasteiger partial charge in [-0.3, -0.25) is 0 Å². The summed E-state index contributed by atoms with van der Waals surface area (Å²) >= 11 is -0.576. The van der Waals surface area contributed by atoms with Crippen molar-refractivity contribution < 1.29 is 19.7 Å². The van der Waals surface area contributed by atoms with Crippen molar-refractivity contribution in [1.82, 2.24) is 0 Å². The fraction of sp³-hybridized carbons (Fsp3) is 1.00. The molecule has 0 aliphatic heterocycles. The molecule has 0 amide bonds. The first-order valence-corrected chi connectivity index (χ1v) is 11.8. The number of ether oxygens (including phenoxy) is 2. The Morgan fingerprint density at radius 1 is 0.706 bits per heavy atom. The first-order valence-electron chi connectivity index (χ1n) is 6.63. The van der Waals surface area contributed by atoms with Gasteiger partial charge in [-0.15, -0.1) is 0 Å². The van der Waals surface area contributed by atoms with Crippen LogP contribution in [0.2, 0.25) is 14.9 Å². The summed E-state index contributed by atoms with van der Waals surface area (Å²) in [6, 6.07) is 0. The van der Waals surface area contributed by atoms with Gasteiger partial charge in [0.1, 0.15) is 0 Å². The summed E-state index contributed by atoms with van der Waals surface area (Å²) in [6.07, 6.45) is 0. The molecule has 0 aliphatic carbocycles. The predicted octanol–water partition coefficient (Wildman–Crippen LogP) is 1.55. The van der Waals surface area contributed by atoms with E-state index in [2.05, 4.69) is 20.8 Å². The first kappa shape index (κ1) is 19.8. The third kappa shape index (κ3) is 19.0. The molecule has 0 spiro atoms. The van der Waals surface area contributed by atoms with Gasteiger partial charge in [-0.25, -0.2) is 0 Å². The van der Waals surface area contributed by atoms with Gasteiger partial charge >= 0.3 is 51.9 Å². The summed E-state index contributed by atoms with van der Waals surface area (Å²) < 4.78 is 9.75. The van der Waals surface area contributed by atoms with Crippen LogP contribution < -0.4 is 0 Å². The molecule has 0 aromatic carbocycles. The number of hydrogen-bond donors (Lipinski definition) is 2. The molecule has 0 aromatic heterocycles. The molecule has 17 heavy (non-hydrogen) atoms. The van der Waals surface area contributed by atoms with Crippen LogP contribution in [0, 0.1) is 0 Å². The number of rotatable bonds is 10. The van der Waals surface area contributed by atoms with Crippen LogP contribution in [0.25, 0.3) is 0 Å². The Bertz CT molecular complexity index is 108. The summed E-state index contributed by atoms with van der Waals surface area (Å²) in [5.41, 5.74) is 0. The molecule has 0 aliphatic rings. The van der Waals surface area contributed by atoms with E-state index in [1.54, 1.807) is 14.9 Å². The topological polar surface area (TPSA) is 58.9 Å². The zero-order chi connectivity index (χ0) is 13.4. The second kappa shape index (κ2) is 18.8. The van der Waals surface area contributed by atoms with E-state index in [-0.39, 0.29) is 13.2 Å². The Labute approximate surface area is 111 Å². The van der Waals surface area contributed by atoms with Gasteiger partial charge in [0.2, 0.25) is 0 Å². The molecule has 2 N–H and O–H groups in total. The number of aliphatic hydroxyl groups is 2. The molecule has 5 heteroatoms. The Hall–Kier alpha value is 0.476. The molecular formula is C12H29GaO4. The number of hydrogen-bond acceptors (Lipinski definition) is 4. The first-order chi connectivity index (χ1) is 8.26. The van der Waals surface area contributed by atoms with Crippen molar-refractivity contribution in [2.75, 3.05) is 39.6 Å². The summed E-state index contributed by atoms with van der Waals surface area (Å²) in [5.74, 6) is 0. The van der Waals surface area contributed by atoms with Crippen molar-refractivity contribution in [3.05, 3.63) is 0 Å². The molecule has 0 rings (SSSR count). The van der Waals surface area contributed by atoms with Gasteiger partial charge in [0.25, 0.3) is 0 Å². The summed E-state index contributed by atoms with van der Waals surface area (Å²) in [5, 5.41) is 16.5. The maximum atomic E-state index is 8.26. The molecule has 0 saturated carbocycles. The van der Waals surface area contributed by atoms with Crippen molar-refractivity contribution in [1.29, 1.82) is 0 Å². The Kier molecular flexibility index (Phi) is 21.9. The zero-order valence-electron chi connectivity index (χ0n) is 11.7. The van der Waals surface area contributed by atoms with Crippen LogP contribution in [-0.4, -0.2) is 66.1 Å². The maximum absolute atomic E-state index is 8.26. The van der Waals surface area contributed by atoms with Gasteiger partial charge in [-0.2, -0.15) is 0 Å². The van der Waals surface area contributed by atoms with Gasteiger partial charge in [-0.05, 0) is 0 Å². The fourth-order valence-corrected chi connectivity index (χ4v) is 4.95. The van der Waals surface area contributed by atoms with E-state index in [1.807, 2.05) is 0 Å². The molecule has 0 aromatic rings. The second-order valence-electron chi connectivity index (χ2n) is 3.76. The van der Waals surface area contributed by atoms with Crippen molar-refractivity contribution in [2.45, 2.75) is 35.7 Å². The third-order valence-corrected chi connectivity index (χ3v) is 9.84. The van der Waals surface area contributed by atoms with Gasteiger partial charge in [0.05, 0.1) is 39.6 Å². The van der Waals surface area contributed by atoms with Crippen LogP contribution in [-0.2, 0) is 9.47 Å². The fourth-order valence-electron chi connectivity index (χ4n) is 1.32. The van der Waals surface area contributed by atoms with E-state index < -0.39 is 16.2 Å². The Morgan fingerprint density at radius 2 is 1.06 bits per heavy atom. The van der Waals surface area contributed by atoms with Crippen LogP contribution in [0.4, 0.5) is 0 Å². The third-order valence-electron chi connectivity index (χ3n) is 2.58. The molecule has 0 bridgehead atoms. The quantitative estimate of drug-likeness (QED) is 0.475. The van der Waals surface area contributed by atoms with E-state index in [9.17, 15) is 0 Å². The minimum absolute atomic E-state index is 0.0417. The molecule has 0 fully saturated rings. The molecule has 0 radical (unpaired) electrons. The molecule has 0 heterocycles. The monoisotopic (exact) mass is 306 g/mol. The molecule has 104 valence electrons. The van der Waals surface area contributed by atoms with E-state index in [4.69, 9.17) is 19.7 Å². The van der Waals surface area contributed by atoms with Crippen LogP contribution >= 0.6 is 0 Å². The van der Waals surface area contributed by atoms with E-state index in [0.717, 1.165) is 0 Å². The van der Waals surface area contributed by atoms with Crippen molar-refractivity contribution in [3.8, 4) is 0 Å². The minimum atomic E-state index is -0.576. The summed E-state index contributed by atoms with van der Waals surface area (Å²) in [7, 11) is 0. The minimum Gasteiger partial charge on any atom is -0.394 e. The van der Waals surface area contributed by atoms with E-state index in [1.165, 1.54) is 0 Å².